The lowest BCUT2D eigenvalue weighted by molar-refractivity contribution is 0.814. The number of nitrogens with zero attached hydrogens (tertiary/aromatic N) is 3. The molecule has 0 saturated carbocycles. The summed E-state index contributed by atoms with van der Waals surface area (Å²) in [7, 11) is 0. The molecule has 3 rings (SSSR count). The number of rotatable bonds is 1. The molecule has 0 aliphatic rings. The Bertz CT molecular complexity index is 700. The van der Waals surface area contributed by atoms with E-state index in [0.717, 1.165) is 26.7 Å². The van der Waals surface area contributed by atoms with Gasteiger partial charge < -0.3 is 0 Å². The first-order chi connectivity index (χ1) is 8.18. The zero-order valence-electron chi connectivity index (χ0n) is 9.68. The van der Waals surface area contributed by atoms with Crippen molar-refractivity contribution in [2.24, 2.45) is 0 Å². The van der Waals surface area contributed by atoms with Crippen LogP contribution in [0.5, 0.6) is 0 Å². The van der Waals surface area contributed by atoms with Crippen LogP contribution in [-0.4, -0.2) is 14.4 Å². The Morgan fingerprint density at radius 2 is 2.12 bits per heavy atom. The van der Waals surface area contributed by atoms with Crippen LogP contribution in [-0.2, 0) is 0 Å². The van der Waals surface area contributed by atoms with Crippen LogP contribution in [0, 0.1) is 0 Å². The second kappa shape index (κ2) is 3.81. The van der Waals surface area contributed by atoms with E-state index in [1.165, 1.54) is 0 Å². The van der Waals surface area contributed by atoms with Crippen molar-refractivity contribution < 1.29 is 0 Å². The third-order valence-electron chi connectivity index (χ3n) is 2.93. The Balaban J connectivity index is 2.45. The van der Waals surface area contributed by atoms with Gasteiger partial charge in [-0.2, -0.15) is 0 Å². The van der Waals surface area contributed by atoms with Crippen LogP contribution >= 0.6 is 15.9 Å². The van der Waals surface area contributed by atoms with E-state index in [0.29, 0.717) is 5.92 Å². The fourth-order valence-electron chi connectivity index (χ4n) is 1.99. The highest BCUT2D eigenvalue weighted by Crippen LogP contribution is 2.30. The standard InChI is InChI=1S/C13H12BrN3/c1-8(2)10-6-11-12(14)9-4-3-5-15-13(9)17(11)7-16-10/h3-8H,1-2H3. The summed E-state index contributed by atoms with van der Waals surface area (Å²) in [6.45, 7) is 4.29. The van der Waals surface area contributed by atoms with Crippen molar-refractivity contribution >= 4 is 32.5 Å². The molecule has 0 radical (unpaired) electrons. The molecule has 0 fully saturated rings. The Morgan fingerprint density at radius 3 is 2.88 bits per heavy atom. The maximum absolute atomic E-state index is 4.47. The Morgan fingerprint density at radius 1 is 1.29 bits per heavy atom. The lowest BCUT2D eigenvalue weighted by atomic mass is 10.1. The molecule has 0 aromatic carbocycles. The van der Waals surface area contributed by atoms with Gasteiger partial charge in [0.05, 0.1) is 9.99 Å². The van der Waals surface area contributed by atoms with E-state index in [2.05, 4.69) is 51.9 Å². The molecular formula is C13H12BrN3. The van der Waals surface area contributed by atoms with E-state index in [4.69, 9.17) is 0 Å². The van der Waals surface area contributed by atoms with Gasteiger partial charge in [-0.15, -0.1) is 0 Å². The van der Waals surface area contributed by atoms with Crippen molar-refractivity contribution in [3.05, 3.63) is 40.9 Å². The molecule has 0 aliphatic carbocycles. The van der Waals surface area contributed by atoms with Gasteiger partial charge in [0.1, 0.15) is 12.0 Å². The minimum atomic E-state index is 0.429. The van der Waals surface area contributed by atoms with E-state index in [9.17, 15) is 0 Å². The van der Waals surface area contributed by atoms with Crippen LogP contribution < -0.4 is 0 Å². The average Bonchev–Trinajstić information content (AvgIpc) is 2.64. The minimum Gasteiger partial charge on any atom is -0.283 e. The predicted molar refractivity (Wildman–Crippen MR) is 72.3 cm³/mol. The van der Waals surface area contributed by atoms with Gasteiger partial charge in [0.2, 0.25) is 0 Å². The third kappa shape index (κ3) is 1.55. The first-order valence-electron chi connectivity index (χ1n) is 5.58. The van der Waals surface area contributed by atoms with Gasteiger partial charge >= 0.3 is 0 Å². The molecular weight excluding hydrogens is 278 g/mol. The molecule has 0 N–H and O–H groups in total. The average molecular weight is 290 g/mol. The zero-order chi connectivity index (χ0) is 12.0. The molecule has 86 valence electrons. The largest absolute Gasteiger partial charge is 0.283 e. The van der Waals surface area contributed by atoms with Gasteiger partial charge in [-0.25, -0.2) is 9.97 Å². The maximum Gasteiger partial charge on any atom is 0.146 e. The quantitative estimate of drug-likeness (QED) is 0.683. The van der Waals surface area contributed by atoms with E-state index in [-0.39, 0.29) is 0 Å². The van der Waals surface area contributed by atoms with Crippen molar-refractivity contribution in [3.63, 3.8) is 0 Å². The first-order valence-corrected chi connectivity index (χ1v) is 6.38. The van der Waals surface area contributed by atoms with E-state index < -0.39 is 0 Å². The number of fused-ring (bicyclic) bond motifs is 3. The van der Waals surface area contributed by atoms with E-state index >= 15 is 0 Å². The molecule has 0 amide bonds. The lowest BCUT2D eigenvalue weighted by Gasteiger charge is -2.04. The SMILES string of the molecule is CC(C)c1cc2c(Br)c3cccnc3n2cn1. The molecule has 3 nitrogen and oxygen atoms in total. The number of halogens is 1. The summed E-state index contributed by atoms with van der Waals surface area (Å²) in [6, 6.07) is 6.13. The Kier molecular flexibility index (Phi) is 2.40. The topological polar surface area (TPSA) is 30.2 Å². The molecule has 17 heavy (non-hydrogen) atoms. The summed E-state index contributed by atoms with van der Waals surface area (Å²) in [5.74, 6) is 0.429. The van der Waals surface area contributed by atoms with Crippen LogP contribution in [0.1, 0.15) is 25.5 Å². The maximum atomic E-state index is 4.47. The third-order valence-corrected chi connectivity index (χ3v) is 3.77. The predicted octanol–water partition coefficient (Wildman–Crippen LogP) is 3.77. The highest BCUT2D eigenvalue weighted by atomic mass is 79.9. The van der Waals surface area contributed by atoms with Crippen LogP contribution in [0.3, 0.4) is 0 Å². The van der Waals surface area contributed by atoms with Gasteiger partial charge in [-0.1, -0.05) is 13.8 Å². The highest BCUT2D eigenvalue weighted by Gasteiger charge is 2.11. The molecule has 3 aromatic rings. The van der Waals surface area contributed by atoms with Crippen molar-refractivity contribution in [1.82, 2.24) is 14.4 Å². The summed E-state index contributed by atoms with van der Waals surface area (Å²) in [5, 5.41) is 1.12. The number of pyridine rings is 1. The van der Waals surface area contributed by atoms with Gasteiger partial charge in [0.25, 0.3) is 0 Å². The number of aromatic nitrogens is 3. The monoisotopic (exact) mass is 289 g/mol. The van der Waals surface area contributed by atoms with Crippen LogP contribution in [0.15, 0.2) is 35.2 Å². The van der Waals surface area contributed by atoms with Crippen LogP contribution in [0.2, 0.25) is 0 Å². The summed E-state index contributed by atoms with van der Waals surface area (Å²) in [5.41, 5.74) is 3.16. The number of hydrogen-bond acceptors (Lipinski definition) is 2. The minimum absolute atomic E-state index is 0.429. The molecule has 0 atom stereocenters. The van der Waals surface area contributed by atoms with Crippen LogP contribution in [0.4, 0.5) is 0 Å². The fraction of sp³-hybridized carbons (Fsp3) is 0.231. The van der Waals surface area contributed by atoms with Gasteiger partial charge in [0.15, 0.2) is 0 Å². The van der Waals surface area contributed by atoms with Crippen molar-refractivity contribution in [2.45, 2.75) is 19.8 Å². The second-order valence-corrected chi connectivity index (χ2v) is 5.21. The molecule has 0 spiro atoms. The first kappa shape index (κ1) is 10.7. The zero-order valence-corrected chi connectivity index (χ0v) is 11.3. The summed E-state index contributed by atoms with van der Waals surface area (Å²) in [6.07, 6.45) is 3.66. The molecule has 4 heteroatoms. The smallest absolute Gasteiger partial charge is 0.146 e. The summed E-state index contributed by atoms with van der Waals surface area (Å²) < 4.78 is 3.11. The van der Waals surface area contributed by atoms with Gasteiger partial charge in [0, 0.05) is 17.3 Å². The molecule has 3 aromatic heterocycles. The molecule has 0 saturated heterocycles. The van der Waals surface area contributed by atoms with E-state index in [1.807, 2.05) is 16.8 Å². The molecule has 3 heterocycles. The summed E-state index contributed by atoms with van der Waals surface area (Å²) in [4.78, 5) is 8.87. The normalized spacial score (nSPS) is 11.8. The summed E-state index contributed by atoms with van der Waals surface area (Å²) >= 11 is 3.65. The van der Waals surface area contributed by atoms with E-state index in [1.54, 1.807) is 6.20 Å². The van der Waals surface area contributed by atoms with Crippen molar-refractivity contribution in [3.8, 4) is 0 Å². The van der Waals surface area contributed by atoms with Gasteiger partial charge in [-0.05, 0) is 40.0 Å². The highest BCUT2D eigenvalue weighted by molar-refractivity contribution is 9.10. The molecule has 0 bridgehead atoms. The molecule has 0 unspecified atom stereocenters. The van der Waals surface area contributed by atoms with Crippen molar-refractivity contribution in [1.29, 1.82) is 0 Å². The Hall–Kier alpha value is -1.42. The Labute approximate surface area is 108 Å². The fourth-order valence-corrected chi connectivity index (χ4v) is 2.60. The number of hydrogen-bond donors (Lipinski definition) is 0. The van der Waals surface area contributed by atoms with Crippen molar-refractivity contribution in [2.75, 3.05) is 0 Å². The van der Waals surface area contributed by atoms with Crippen LogP contribution in [0.25, 0.3) is 16.6 Å². The molecule has 0 aliphatic heterocycles. The second-order valence-electron chi connectivity index (χ2n) is 4.41. The lowest BCUT2D eigenvalue weighted by Crippen LogP contribution is -1.95. The van der Waals surface area contributed by atoms with Gasteiger partial charge in [-0.3, -0.25) is 4.40 Å².